The number of aliphatic hydroxyl groups is 1. The van der Waals surface area contributed by atoms with Crippen molar-refractivity contribution >= 4 is 0 Å². The third-order valence-corrected chi connectivity index (χ3v) is 3.11. The summed E-state index contributed by atoms with van der Waals surface area (Å²) in [4.78, 5) is 0. The van der Waals surface area contributed by atoms with Crippen LogP contribution in [-0.2, 0) is 4.74 Å². The molecule has 1 saturated carbocycles. The van der Waals surface area contributed by atoms with Gasteiger partial charge >= 0.3 is 0 Å². The highest BCUT2D eigenvalue weighted by molar-refractivity contribution is 4.78. The smallest absolute Gasteiger partial charge is 0.0599 e. The van der Waals surface area contributed by atoms with Crippen LogP contribution in [0.2, 0.25) is 0 Å². The van der Waals surface area contributed by atoms with E-state index in [1.807, 2.05) is 0 Å². The minimum absolute atomic E-state index is 0.101. The van der Waals surface area contributed by atoms with E-state index >= 15 is 0 Å². The van der Waals surface area contributed by atoms with Crippen LogP contribution in [0.25, 0.3) is 0 Å². The summed E-state index contributed by atoms with van der Waals surface area (Å²) in [5, 5.41) is 9.73. The standard InChI is InChI=1S/C11H20O2/c12-10(7-9-4-5-9)8-11-3-1-2-6-13-11/h9-12H,1-8H2. The van der Waals surface area contributed by atoms with E-state index in [4.69, 9.17) is 4.74 Å². The summed E-state index contributed by atoms with van der Waals surface area (Å²) in [7, 11) is 0. The van der Waals surface area contributed by atoms with Crippen LogP contribution in [0.1, 0.15) is 44.9 Å². The second-order valence-electron chi connectivity index (χ2n) is 4.56. The first-order chi connectivity index (χ1) is 6.34. The zero-order chi connectivity index (χ0) is 9.10. The van der Waals surface area contributed by atoms with E-state index in [9.17, 15) is 5.11 Å². The topological polar surface area (TPSA) is 29.5 Å². The molecule has 0 aromatic carbocycles. The molecule has 1 aliphatic carbocycles. The Morgan fingerprint density at radius 3 is 2.62 bits per heavy atom. The van der Waals surface area contributed by atoms with Crippen molar-refractivity contribution in [1.29, 1.82) is 0 Å². The molecule has 2 atom stereocenters. The van der Waals surface area contributed by atoms with Crippen LogP contribution in [-0.4, -0.2) is 23.9 Å². The van der Waals surface area contributed by atoms with Crippen molar-refractivity contribution in [3.05, 3.63) is 0 Å². The fraction of sp³-hybridized carbons (Fsp3) is 1.00. The van der Waals surface area contributed by atoms with Crippen LogP contribution in [0.15, 0.2) is 0 Å². The summed E-state index contributed by atoms with van der Waals surface area (Å²) >= 11 is 0. The molecule has 0 bridgehead atoms. The normalized spacial score (nSPS) is 31.6. The minimum Gasteiger partial charge on any atom is -0.393 e. The molecule has 2 rings (SSSR count). The Morgan fingerprint density at radius 2 is 2.00 bits per heavy atom. The zero-order valence-corrected chi connectivity index (χ0v) is 8.24. The molecule has 13 heavy (non-hydrogen) atoms. The molecule has 2 heteroatoms. The molecule has 2 aliphatic rings. The molecule has 1 saturated heterocycles. The molecule has 2 fully saturated rings. The van der Waals surface area contributed by atoms with Crippen LogP contribution in [0, 0.1) is 5.92 Å². The molecule has 2 unspecified atom stereocenters. The van der Waals surface area contributed by atoms with Crippen molar-refractivity contribution in [2.24, 2.45) is 5.92 Å². The molecule has 0 amide bonds. The third kappa shape index (κ3) is 3.28. The predicted octanol–water partition coefficient (Wildman–Crippen LogP) is 2.11. The highest BCUT2D eigenvalue weighted by Gasteiger charge is 2.26. The number of aliphatic hydroxyl groups excluding tert-OH is 1. The van der Waals surface area contributed by atoms with Gasteiger partial charge in [0, 0.05) is 6.61 Å². The largest absolute Gasteiger partial charge is 0.393 e. The third-order valence-electron chi connectivity index (χ3n) is 3.11. The Hall–Kier alpha value is -0.0800. The Labute approximate surface area is 80.3 Å². The molecular formula is C11H20O2. The first kappa shape index (κ1) is 9.47. The number of hydrogen-bond acceptors (Lipinski definition) is 2. The first-order valence-electron chi connectivity index (χ1n) is 5.64. The van der Waals surface area contributed by atoms with E-state index in [2.05, 4.69) is 0 Å². The minimum atomic E-state index is -0.101. The second-order valence-corrected chi connectivity index (χ2v) is 4.56. The van der Waals surface area contributed by atoms with Crippen molar-refractivity contribution in [3.63, 3.8) is 0 Å². The lowest BCUT2D eigenvalue weighted by molar-refractivity contribution is -0.0173. The van der Waals surface area contributed by atoms with E-state index in [0.29, 0.717) is 6.10 Å². The summed E-state index contributed by atoms with van der Waals surface area (Å²) < 4.78 is 5.59. The van der Waals surface area contributed by atoms with Gasteiger partial charge in [0.25, 0.3) is 0 Å². The molecule has 0 spiro atoms. The average Bonchev–Trinajstić information content (AvgIpc) is 2.90. The fourth-order valence-electron chi connectivity index (χ4n) is 2.13. The Morgan fingerprint density at radius 1 is 1.15 bits per heavy atom. The number of hydrogen-bond donors (Lipinski definition) is 1. The predicted molar refractivity (Wildman–Crippen MR) is 51.6 cm³/mol. The van der Waals surface area contributed by atoms with Gasteiger partial charge in [0.1, 0.15) is 0 Å². The van der Waals surface area contributed by atoms with E-state index in [0.717, 1.165) is 31.8 Å². The highest BCUT2D eigenvalue weighted by atomic mass is 16.5. The van der Waals surface area contributed by atoms with Crippen molar-refractivity contribution in [1.82, 2.24) is 0 Å². The Kier molecular flexibility index (Phi) is 3.23. The van der Waals surface area contributed by atoms with Crippen molar-refractivity contribution in [3.8, 4) is 0 Å². The second kappa shape index (κ2) is 4.43. The van der Waals surface area contributed by atoms with Crippen LogP contribution in [0.3, 0.4) is 0 Å². The van der Waals surface area contributed by atoms with Gasteiger partial charge in [-0.3, -0.25) is 0 Å². The van der Waals surface area contributed by atoms with Gasteiger partial charge in [-0.15, -0.1) is 0 Å². The number of rotatable bonds is 4. The van der Waals surface area contributed by atoms with Crippen LogP contribution < -0.4 is 0 Å². The monoisotopic (exact) mass is 184 g/mol. The molecule has 0 aromatic heterocycles. The van der Waals surface area contributed by atoms with Crippen LogP contribution >= 0.6 is 0 Å². The van der Waals surface area contributed by atoms with Crippen molar-refractivity contribution < 1.29 is 9.84 Å². The van der Waals surface area contributed by atoms with E-state index in [1.54, 1.807) is 0 Å². The summed E-state index contributed by atoms with van der Waals surface area (Å²) in [6.07, 6.45) is 8.44. The van der Waals surface area contributed by atoms with Crippen molar-refractivity contribution in [2.45, 2.75) is 57.2 Å². The van der Waals surface area contributed by atoms with Gasteiger partial charge in [-0.05, 0) is 38.0 Å². The molecule has 0 aromatic rings. The number of ether oxygens (including phenoxy) is 1. The Balaban J connectivity index is 1.62. The van der Waals surface area contributed by atoms with E-state index in [-0.39, 0.29) is 6.10 Å². The quantitative estimate of drug-likeness (QED) is 0.725. The first-order valence-corrected chi connectivity index (χ1v) is 5.64. The summed E-state index contributed by atoms with van der Waals surface area (Å²) in [6, 6.07) is 0. The maximum absolute atomic E-state index is 9.73. The maximum atomic E-state index is 9.73. The van der Waals surface area contributed by atoms with Gasteiger partial charge in [0.15, 0.2) is 0 Å². The lowest BCUT2D eigenvalue weighted by atomic mass is 10.0. The summed E-state index contributed by atoms with van der Waals surface area (Å²) in [6.45, 7) is 0.904. The molecule has 1 heterocycles. The van der Waals surface area contributed by atoms with E-state index in [1.165, 1.54) is 25.7 Å². The van der Waals surface area contributed by atoms with E-state index < -0.39 is 0 Å². The van der Waals surface area contributed by atoms with Gasteiger partial charge in [0.05, 0.1) is 12.2 Å². The van der Waals surface area contributed by atoms with Gasteiger partial charge in [-0.25, -0.2) is 0 Å². The molecular weight excluding hydrogens is 164 g/mol. The zero-order valence-electron chi connectivity index (χ0n) is 8.24. The van der Waals surface area contributed by atoms with Crippen molar-refractivity contribution in [2.75, 3.05) is 6.61 Å². The van der Waals surface area contributed by atoms with Gasteiger partial charge < -0.3 is 9.84 Å². The SMILES string of the molecule is OC(CC1CC1)CC1CCCCO1. The van der Waals surface area contributed by atoms with Gasteiger partial charge in [0.2, 0.25) is 0 Å². The maximum Gasteiger partial charge on any atom is 0.0599 e. The van der Waals surface area contributed by atoms with Gasteiger partial charge in [-0.2, -0.15) is 0 Å². The molecule has 1 aliphatic heterocycles. The molecule has 76 valence electrons. The average molecular weight is 184 g/mol. The van der Waals surface area contributed by atoms with Crippen LogP contribution in [0.4, 0.5) is 0 Å². The van der Waals surface area contributed by atoms with Crippen LogP contribution in [0.5, 0.6) is 0 Å². The molecule has 2 nitrogen and oxygen atoms in total. The lowest BCUT2D eigenvalue weighted by Gasteiger charge is -2.24. The summed E-state index contributed by atoms with van der Waals surface area (Å²) in [5.74, 6) is 0.832. The summed E-state index contributed by atoms with van der Waals surface area (Å²) in [5.41, 5.74) is 0. The van der Waals surface area contributed by atoms with Gasteiger partial charge in [-0.1, -0.05) is 12.8 Å². The fourth-order valence-corrected chi connectivity index (χ4v) is 2.13. The highest BCUT2D eigenvalue weighted by Crippen LogP contribution is 2.34. The molecule has 0 radical (unpaired) electrons. The lowest BCUT2D eigenvalue weighted by Crippen LogP contribution is -2.24. The Bertz CT molecular complexity index is 148. The molecule has 1 N–H and O–H groups in total.